The first-order valence-corrected chi connectivity index (χ1v) is 12.8. The van der Waals surface area contributed by atoms with Crippen molar-refractivity contribution >= 4 is 12.2 Å². The minimum Gasteiger partial charge on any atom is -0.497 e. The second-order valence-corrected chi connectivity index (χ2v) is 9.66. The molecule has 0 spiro atoms. The molecule has 2 aromatic carbocycles. The Balaban J connectivity index is 2.53. The van der Waals surface area contributed by atoms with Crippen LogP contribution in [0.1, 0.15) is 69.7 Å². The summed E-state index contributed by atoms with van der Waals surface area (Å²) in [6.07, 6.45) is 14.7. The Hall–Kier alpha value is -3.40. The van der Waals surface area contributed by atoms with Crippen molar-refractivity contribution in [2.75, 3.05) is 28.4 Å². The van der Waals surface area contributed by atoms with Crippen LogP contribution in [0.2, 0.25) is 0 Å². The summed E-state index contributed by atoms with van der Waals surface area (Å²) in [6.45, 7) is 10.7. The van der Waals surface area contributed by atoms with Crippen molar-refractivity contribution in [2.24, 2.45) is 0 Å². The Kier molecular flexibility index (Phi) is 12.1. The van der Waals surface area contributed by atoms with E-state index in [4.69, 9.17) is 18.9 Å². The van der Waals surface area contributed by atoms with E-state index in [2.05, 4.69) is 77.1 Å². The van der Waals surface area contributed by atoms with Gasteiger partial charge in [-0.25, -0.2) is 0 Å². The maximum Gasteiger partial charge on any atom is 0.164 e. The van der Waals surface area contributed by atoms with Gasteiger partial charge in [-0.2, -0.15) is 0 Å². The number of hydrogen-bond acceptors (Lipinski definition) is 4. The molecule has 0 aliphatic heterocycles. The van der Waals surface area contributed by atoms with Crippen molar-refractivity contribution in [2.45, 2.75) is 60.3 Å². The van der Waals surface area contributed by atoms with E-state index in [0.717, 1.165) is 70.9 Å². The predicted molar refractivity (Wildman–Crippen MR) is 157 cm³/mol. The minimum absolute atomic E-state index is 0.731. The fourth-order valence-electron chi connectivity index (χ4n) is 4.13. The quantitative estimate of drug-likeness (QED) is 0.202. The van der Waals surface area contributed by atoms with E-state index in [1.165, 1.54) is 16.7 Å². The molecule has 0 amide bonds. The van der Waals surface area contributed by atoms with Gasteiger partial charge in [-0.15, -0.1) is 0 Å². The molecule has 0 fully saturated rings. The van der Waals surface area contributed by atoms with E-state index in [1.54, 1.807) is 28.4 Å². The maximum absolute atomic E-state index is 5.78. The fourth-order valence-corrected chi connectivity index (χ4v) is 4.13. The summed E-state index contributed by atoms with van der Waals surface area (Å²) in [7, 11) is 6.75. The van der Waals surface area contributed by atoms with Gasteiger partial charge in [0.1, 0.15) is 11.5 Å². The SMILES string of the molecule is COc1cc(/C=C/c2ccc(OC)c(OC)c2CC=C(C)C)c(C/C=C(\C)CCC=C(C)C)c(OC)c1. The minimum atomic E-state index is 0.731. The molecule has 4 heteroatoms. The van der Waals surface area contributed by atoms with Crippen LogP contribution in [0.3, 0.4) is 0 Å². The Bertz CT molecular complexity index is 1160. The van der Waals surface area contributed by atoms with Gasteiger partial charge in [-0.05, 0) is 83.6 Å². The highest BCUT2D eigenvalue weighted by molar-refractivity contribution is 5.76. The number of methoxy groups -OCH3 is 4. The van der Waals surface area contributed by atoms with E-state index in [0.29, 0.717) is 0 Å². The smallest absolute Gasteiger partial charge is 0.164 e. The lowest BCUT2D eigenvalue weighted by atomic mass is 9.97. The summed E-state index contributed by atoms with van der Waals surface area (Å²) < 4.78 is 22.7. The second-order valence-electron chi connectivity index (χ2n) is 9.66. The molecule has 0 heterocycles. The molecule has 37 heavy (non-hydrogen) atoms. The highest BCUT2D eigenvalue weighted by Gasteiger charge is 2.14. The molecule has 0 aliphatic rings. The maximum atomic E-state index is 5.78. The Morgan fingerprint density at radius 2 is 1.30 bits per heavy atom. The molecule has 2 aromatic rings. The van der Waals surface area contributed by atoms with Gasteiger partial charge >= 0.3 is 0 Å². The summed E-state index contributed by atoms with van der Waals surface area (Å²) in [4.78, 5) is 0. The van der Waals surface area contributed by atoms with Gasteiger partial charge in [0.25, 0.3) is 0 Å². The third-order valence-corrected chi connectivity index (χ3v) is 6.26. The average molecular weight is 505 g/mol. The van der Waals surface area contributed by atoms with Crippen LogP contribution in [0.15, 0.2) is 59.2 Å². The molecule has 0 N–H and O–H groups in total. The normalized spacial score (nSPS) is 11.3. The number of rotatable bonds is 13. The van der Waals surface area contributed by atoms with Crippen molar-refractivity contribution in [3.63, 3.8) is 0 Å². The highest BCUT2D eigenvalue weighted by Crippen LogP contribution is 2.36. The monoisotopic (exact) mass is 504 g/mol. The molecular weight excluding hydrogens is 460 g/mol. The molecule has 0 atom stereocenters. The van der Waals surface area contributed by atoms with Gasteiger partial charge in [-0.3, -0.25) is 0 Å². The number of ether oxygens (including phenoxy) is 4. The Labute approximate surface area is 224 Å². The molecule has 0 unspecified atom stereocenters. The first kappa shape index (κ1) is 29.8. The van der Waals surface area contributed by atoms with Crippen LogP contribution < -0.4 is 18.9 Å². The molecule has 200 valence electrons. The van der Waals surface area contributed by atoms with Crippen molar-refractivity contribution < 1.29 is 18.9 Å². The summed E-state index contributed by atoms with van der Waals surface area (Å²) >= 11 is 0. The van der Waals surface area contributed by atoms with Crippen LogP contribution in [0, 0.1) is 0 Å². The lowest BCUT2D eigenvalue weighted by molar-refractivity contribution is 0.352. The summed E-state index contributed by atoms with van der Waals surface area (Å²) in [5.41, 5.74) is 8.35. The van der Waals surface area contributed by atoms with Crippen LogP contribution in [0.5, 0.6) is 23.0 Å². The molecule has 2 rings (SSSR count). The number of benzene rings is 2. The number of allylic oxidation sites excluding steroid dienone is 6. The van der Waals surface area contributed by atoms with E-state index >= 15 is 0 Å². The van der Waals surface area contributed by atoms with Crippen molar-refractivity contribution in [1.82, 2.24) is 0 Å². The molecule has 0 bridgehead atoms. The Morgan fingerprint density at radius 3 is 1.89 bits per heavy atom. The molecular formula is C33H44O4. The summed E-state index contributed by atoms with van der Waals surface area (Å²) in [5, 5.41) is 0. The van der Waals surface area contributed by atoms with Crippen molar-refractivity contribution in [3.05, 3.63) is 81.5 Å². The van der Waals surface area contributed by atoms with E-state index in [9.17, 15) is 0 Å². The largest absolute Gasteiger partial charge is 0.497 e. The molecule has 0 aromatic heterocycles. The Morgan fingerprint density at radius 1 is 0.649 bits per heavy atom. The molecule has 0 saturated carbocycles. The van der Waals surface area contributed by atoms with E-state index in [1.807, 2.05) is 12.1 Å². The topological polar surface area (TPSA) is 36.9 Å². The summed E-state index contributed by atoms with van der Waals surface area (Å²) in [6, 6.07) is 8.06. The zero-order chi connectivity index (χ0) is 27.4. The average Bonchev–Trinajstić information content (AvgIpc) is 2.88. The standard InChI is InChI=1S/C33H44O4/c1-23(2)11-10-12-25(5)14-19-29-27(21-28(34-6)22-32(29)36-8)16-15-26-17-20-31(35-7)33(37-9)30(26)18-13-24(3)4/h11,13-17,20-22H,10,12,18-19H2,1-9H3/b16-15+,25-14+. The van der Waals surface area contributed by atoms with Crippen LogP contribution in [-0.2, 0) is 12.8 Å². The predicted octanol–water partition coefficient (Wildman–Crippen LogP) is 8.64. The molecule has 0 aliphatic carbocycles. The van der Waals surface area contributed by atoms with Crippen LogP contribution >= 0.6 is 0 Å². The zero-order valence-corrected chi connectivity index (χ0v) is 24.2. The van der Waals surface area contributed by atoms with Gasteiger partial charge < -0.3 is 18.9 Å². The van der Waals surface area contributed by atoms with Gasteiger partial charge in [-0.1, -0.05) is 53.2 Å². The van der Waals surface area contributed by atoms with Crippen LogP contribution in [0.4, 0.5) is 0 Å². The van der Waals surface area contributed by atoms with E-state index < -0.39 is 0 Å². The van der Waals surface area contributed by atoms with Crippen molar-refractivity contribution in [3.8, 4) is 23.0 Å². The second kappa shape index (κ2) is 15.0. The zero-order valence-electron chi connectivity index (χ0n) is 24.2. The molecule has 0 radical (unpaired) electrons. The van der Waals surface area contributed by atoms with Gasteiger partial charge in [0.05, 0.1) is 28.4 Å². The lowest BCUT2D eigenvalue weighted by Gasteiger charge is -2.16. The highest BCUT2D eigenvalue weighted by atomic mass is 16.5. The van der Waals surface area contributed by atoms with Crippen LogP contribution in [0.25, 0.3) is 12.2 Å². The first-order chi connectivity index (χ1) is 17.7. The summed E-state index contributed by atoms with van der Waals surface area (Å²) in [5.74, 6) is 3.08. The number of hydrogen-bond donors (Lipinski definition) is 0. The van der Waals surface area contributed by atoms with Gasteiger partial charge in [0.2, 0.25) is 0 Å². The van der Waals surface area contributed by atoms with Crippen LogP contribution in [-0.4, -0.2) is 28.4 Å². The van der Waals surface area contributed by atoms with Gasteiger partial charge in [0.15, 0.2) is 11.5 Å². The third-order valence-electron chi connectivity index (χ3n) is 6.26. The third kappa shape index (κ3) is 8.89. The fraction of sp³-hybridized carbons (Fsp3) is 0.394. The molecule has 0 saturated heterocycles. The first-order valence-electron chi connectivity index (χ1n) is 12.8. The lowest BCUT2D eigenvalue weighted by Crippen LogP contribution is -1.99. The molecule has 4 nitrogen and oxygen atoms in total. The van der Waals surface area contributed by atoms with E-state index in [-0.39, 0.29) is 0 Å². The van der Waals surface area contributed by atoms with Gasteiger partial charge in [0, 0.05) is 17.2 Å². The van der Waals surface area contributed by atoms with Crippen molar-refractivity contribution in [1.29, 1.82) is 0 Å².